The Kier molecular flexibility index (Phi) is 2.36. The molecule has 0 amide bonds. The quantitative estimate of drug-likeness (QED) is 0.710. The third-order valence-corrected chi connectivity index (χ3v) is 1.92. The normalized spacial score (nSPS) is 10.5. The molecule has 0 aliphatic heterocycles. The van der Waals surface area contributed by atoms with Crippen molar-refractivity contribution in [1.82, 2.24) is 4.98 Å². The van der Waals surface area contributed by atoms with Gasteiger partial charge in [-0.15, -0.1) is 11.6 Å². The van der Waals surface area contributed by atoms with Gasteiger partial charge in [0, 0.05) is 0 Å². The molecular weight excluding hydrogens is 190 g/mol. The molecule has 68 valence electrons. The number of oxazole rings is 1. The standard InChI is InChI=1S/C9H8ClNO2/c10-5-7-6-13-9(11-7)4-8-2-1-3-12-8/h1-3,6H,4-5H2. The SMILES string of the molecule is ClCc1coc(Cc2ccco2)n1. The summed E-state index contributed by atoms with van der Waals surface area (Å²) in [7, 11) is 0. The molecule has 0 atom stereocenters. The third-order valence-electron chi connectivity index (χ3n) is 1.64. The van der Waals surface area contributed by atoms with Crippen molar-refractivity contribution >= 4 is 11.6 Å². The second-order valence-electron chi connectivity index (χ2n) is 2.62. The maximum Gasteiger partial charge on any atom is 0.201 e. The maximum absolute atomic E-state index is 5.58. The molecule has 2 aromatic rings. The van der Waals surface area contributed by atoms with Crippen molar-refractivity contribution in [2.24, 2.45) is 0 Å². The van der Waals surface area contributed by atoms with Gasteiger partial charge in [-0.3, -0.25) is 0 Å². The largest absolute Gasteiger partial charge is 0.469 e. The van der Waals surface area contributed by atoms with Crippen LogP contribution in [-0.2, 0) is 12.3 Å². The predicted octanol–water partition coefficient (Wildman–Crippen LogP) is 2.60. The molecule has 0 aliphatic carbocycles. The van der Waals surface area contributed by atoms with Crippen molar-refractivity contribution in [3.63, 3.8) is 0 Å². The van der Waals surface area contributed by atoms with E-state index in [-0.39, 0.29) is 0 Å². The highest BCUT2D eigenvalue weighted by molar-refractivity contribution is 6.16. The van der Waals surface area contributed by atoms with Gasteiger partial charge in [-0.2, -0.15) is 0 Å². The van der Waals surface area contributed by atoms with Gasteiger partial charge in [0.15, 0.2) is 0 Å². The molecule has 0 aliphatic rings. The third kappa shape index (κ3) is 1.92. The summed E-state index contributed by atoms with van der Waals surface area (Å²) >= 11 is 5.58. The summed E-state index contributed by atoms with van der Waals surface area (Å²) in [5, 5.41) is 0. The van der Waals surface area contributed by atoms with Gasteiger partial charge in [-0.1, -0.05) is 0 Å². The van der Waals surface area contributed by atoms with Gasteiger partial charge in [0.05, 0.1) is 24.3 Å². The highest BCUT2D eigenvalue weighted by Gasteiger charge is 2.05. The molecule has 0 unspecified atom stereocenters. The van der Waals surface area contributed by atoms with Crippen LogP contribution in [-0.4, -0.2) is 4.98 Å². The first kappa shape index (κ1) is 8.38. The van der Waals surface area contributed by atoms with Crippen LogP contribution in [0.2, 0.25) is 0 Å². The Morgan fingerprint density at radius 2 is 2.31 bits per heavy atom. The monoisotopic (exact) mass is 197 g/mol. The van der Waals surface area contributed by atoms with Crippen molar-refractivity contribution in [2.45, 2.75) is 12.3 Å². The zero-order valence-corrected chi connectivity index (χ0v) is 7.62. The fourth-order valence-corrected chi connectivity index (χ4v) is 1.18. The highest BCUT2D eigenvalue weighted by Crippen LogP contribution is 2.10. The molecule has 0 fully saturated rings. The molecular formula is C9H8ClNO2. The molecule has 0 saturated carbocycles. The van der Waals surface area contributed by atoms with Crippen LogP contribution in [0.3, 0.4) is 0 Å². The Labute approximate surface area is 80.3 Å². The molecule has 0 saturated heterocycles. The number of nitrogens with zero attached hydrogens (tertiary/aromatic N) is 1. The van der Waals surface area contributed by atoms with Gasteiger partial charge in [-0.05, 0) is 12.1 Å². The van der Waals surface area contributed by atoms with E-state index in [1.165, 1.54) is 0 Å². The molecule has 0 radical (unpaired) electrons. The van der Waals surface area contributed by atoms with Crippen LogP contribution >= 0.6 is 11.6 Å². The van der Waals surface area contributed by atoms with Gasteiger partial charge in [0.2, 0.25) is 5.89 Å². The van der Waals surface area contributed by atoms with Crippen molar-refractivity contribution in [1.29, 1.82) is 0 Å². The lowest BCUT2D eigenvalue weighted by Gasteiger charge is -1.88. The minimum Gasteiger partial charge on any atom is -0.469 e. The number of rotatable bonds is 3. The van der Waals surface area contributed by atoms with Gasteiger partial charge >= 0.3 is 0 Å². The van der Waals surface area contributed by atoms with Crippen molar-refractivity contribution in [3.8, 4) is 0 Å². The average Bonchev–Trinajstić information content (AvgIpc) is 2.76. The Morgan fingerprint density at radius 1 is 1.38 bits per heavy atom. The van der Waals surface area contributed by atoms with Crippen LogP contribution in [0.1, 0.15) is 17.3 Å². The number of hydrogen-bond donors (Lipinski definition) is 0. The van der Waals surface area contributed by atoms with Crippen molar-refractivity contribution < 1.29 is 8.83 Å². The van der Waals surface area contributed by atoms with Crippen molar-refractivity contribution in [2.75, 3.05) is 0 Å². The summed E-state index contributed by atoms with van der Waals surface area (Å²) in [5.74, 6) is 1.84. The molecule has 0 N–H and O–H groups in total. The fourth-order valence-electron chi connectivity index (χ4n) is 1.05. The molecule has 0 bridgehead atoms. The van der Waals surface area contributed by atoms with Crippen LogP contribution in [0.4, 0.5) is 0 Å². The molecule has 2 heterocycles. The molecule has 3 nitrogen and oxygen atoms in total. The predicted molar refractivity (Wildman–Crippen MR) is 47.6 cm³/mol. The van der Waals surface area contributed by atoms with E-state index in [4.69, 9.17) is 20.4 Å². The van der Waals surface area contributed by atoms with E-state index in [0.29, 0.717) is 18.2 Å². The number of halogens is 1. The molecule has 13 heavy (non-hydrogen) atoms. The van der Waals surface area contributed by atoms with Crippen molar-refractivity contribution in [3.05, 3.63) is 42.0 Å². The second-order valence-corrected chi connectivity index (χ2v) is 2.89. The summed E-state index contributed by atoms with van der Waals surface area (Å²) in [6.07, 6.45) is 3.76. The summed E-state index contributed by atoms with van der Waals surface area (Å²) in [4.78, 5) is 4.14. The minimum atomic E-state index is 0.377. The first-order chi connectivity index (χ1) is 6.38. The molecule has 2 rings (SSSR count). The first-order valence-corrected chi connectivity index (χ1v) is 4.43. The smallest absolute Gasteiger partial charge is 0.201 e. The van der Waals surface area contributed by atoms with E-state index in [1.807, 2.05) is 12.1 Å². The van der Waals surface area contributed by atoms with Gasteiger partial charge in [0.25, 0.3) is 0 Å². The van der Waals surface area contributed by atoms with Crippen LogP contribution in [0.25, 0.3) is 0 Å². The first-order valence-electron chi connectivity index (χ1n) is 3.90. The summed E-state index contributed by atoms with van der Waals surface area (Å²) in [6.45, 7) is 0. The molecule has 2 aromatic heterocycles. The molecule has 0 spiro atoms. The van der Waals surface area contributed by atoms with Crippen LogP contribution in [0.5, 0.6) is 0 Å². The Balaban J connectivity index is 2.10. The minimum absolute atomic E-state index is 0.377. The van der Waals surface area contributed by atoms with E-state index < -0.39 is 0 Å². The topological polar surface area (TPSA) is 39.2 Å². The van der Waals surface area contributed by atoms with Gasteiger partial charge in [-0.25, -0.2) is 4.98 Å². The van der Waals surface area contributed by atoms with E-state index >= 15 is 0 Å². The molecule has 0 aromatic carbocycles. The summed E-state index contributed by atoms with van der Waals surface area (Å²) in [6, 6.07) is 3.71. The number of furan rings is 1. The van der Waals surface area contributed by atoms with Gasteiger partial charge in [0.1, 0.15) is 12.0 Å². The summed E-state index contributed by atoms with van der Waals surface area (Å²) < 4.78 is 10.3. The van der Waals surface area contributed by atoms with Crippen LogP contribution in [0, 0.1) is 0 Å². The van der Waals surface area contributed by atoms with E-state index in [2.05, 4.69) is 4.98 Å². The zero-order valence-electron chi connectivity index (χ0n) is 6.87. The summed E-state index contributed by atoms with van der Waals surface area (Å²) in [5.41, 5.74) is 0.753. The van der Waals surface area contributed by atoms with Gasteiger partial charge < -0.3 is 8.83 Å². The zero-order chi connectivity index (χ0) is 9.10. The lowest BCUT2D eigenvalue weighted by Crippen LogP contribution is -1.86. The van der Waals surface area contributed by atoms with E-state index in [0.717, 1.165) is 11.5 Å². The number of alkyl halides is 1. The Morgan fingerprint density at radius 3 is 2.92 bits per heavy atom. The lowest BCUT2D eigenvalue weighted by molar-refractivity contribution is 0.464. The lowest BCUT2D eigenvalue weighted by atomic mass is 10.3. The fraction of sp³-hybridized carbons (Fsp3) is 0.222. The Bertz CT molecular complexity index is 367. The number of aromatic nitrogens is 1. The van der Waals surface area contributed by atoms with E-state index in [1.54, 1.807) is 12.5 Å². The Hall–Kier alpha value is -1.22. The molecule has 4 heteroatoms. The van der Waals surface area contributed by atoms with E-state index in [9.17, 15) is 0 Å². The van der Waals surface area contributed by atoms with Crippen LogP contribution < -0.4 is 0 Å². The maximum atomic E-state index is 5.58. The average molecular weight is 198 g/mol. The number of hydrogen-bond acceptors (Lipinski definition) is 3. The second kappa shape index (κ2) is 3.66. The van der Waals surface area contributed by atoms with Crippen LogP contribution in [0.15, 0.2) is 33.5 Å². The highest BCUT2D eigenvalue weighted by atomic mass is 35.5.